The van der Waals surface area contributed by atoms with Crippen molar-refractivity contribution in [3.05, 3.63) is 24.4 Å². The van der Waals surface area contributed by atoms with Crippen molar-refractivity contribution < 1.29 is 14.3 Å². The van der Waals surface area contributed by atoms with E-state index in [0.717, 1.165) is 45.4 Å². The van der Waals surface area contributed by atoms with Crippen LogP contribution in [0.5, 0.6) is 5.88 Å². The Morgan fingerprint density at radius 1 is 1.38 bits per heavy atom. The fourth-order valence-corrected chi connectivity index (χ4v) is 4.06. The zero-order valence-corrected chi connectivity index (χ0v) is 14.2. The van der Waals surface area contributed by atoms with Gasteiger partial charge in [0, 0.05) is 43.8 Å². The summed E-state index contributed by atoms with van der Waals surface area (Å²) in [4.78, 5) is 18.9. The maximum atomic E-state index is 12.6. The van der Waals surface area contributed by atoms with E-state index in [1.165, 1.54) is 12.8 Å². The van der Waals surface area contributed by atoms with E-state index in [1.807, 2.05) is 18.2 Å². The van der Waals surface area contributed by atoms with Crippen LogP contribution >= 0.6 is 0 Å². The monoisotopic (exact) mass is 330 g/mol. The number of nitrogens with zero attached hydrogens (tertiary/aromatic N) is 2. The van der Waals surface area contributed by atoms with E-state index in [-0.39, 0.29) is 11.5 Å². The average Bonchev–Trinajstić information content (AvgIpc) is 3.44. The van der Waals surface area contributed by atoms with E-state index in [4.69, 9.17) is 9.47 Å². The molecule has 4 rings (SSSR count). The molecule has 0 radical (unpaired) electrons. The minimum Gasteiger partial charge on any atom is -0.477 e. The fraction of sp³-hybridized carbons (Fsp3) is 0.684. The van der Waals surface area contributed by atoms with Crippen LogP contribution in [0.1, 0.15) is 38.5 Å². The highest BCUT2D eigenvalue weighted by Gasteiger charge is 2.48. The molecule has 0 N–H and O–H groups in total. The van der Waals surface area contributed by atoms with Gasteiger partial charge in [-0.25, -0.2) is 4.98 Å². The molecule has 1 aromatic heterocycles. The molecule has 1 amide bonds. The maximum absolute atomic E-state index is 12.6. The van der Waals surface area contributed by atoms with Crippen molar-refractivity contribution >= 4 is 5.91 Å². The van der Waals surface area contributed by atoms with Crippen LogP contribution in [0.2, 0.25) is 0 Å². The molecule has 3 heterocycles. The van der Waals surface area contributed by atoms with Gasteiger partial charge in [0.05, 0.1) is 12.7 Å². The molecule has 3 fully saturated rings. The van der Waals surface area contributed by atoms with Crippen molar-refractivity contribution in [3.8, 4) is 5.88 Å². The number of ether oxygens (including phenoxy) is 2. The Morgan fingerprint density at radius 3 is 3.08 bits per heavy atom. The maximum Gasteiger partial charge on any atom is 0.222 e. The van der Waals surface area contributed by atoms with Crippen LogP contribution in [-0.2, 0) is 9.53 Å². The molecule has 0 unspecified atom stereocenters. The van der Waals surface area contributed by atoms with Gasteiger partial charge in [0.1, 0.15) is 0 Å². The van der Waals surface area contributed by atoms with E-state index >= 15 is 0 Å². The Morgan fingerprint density at radius 2 is 2.29 bits per heavy atom. The Kier molecular flexibility index (Phi) is 4.44. The summed E-state index contributed by atoms with van der Waals surface area (Å²) in [5.41, 5.74) is -0.0900. The lowest BCUT2D eigenvalue weighted by molar-refractivity contribution is -0.158. The number of carbonyl (C=O) groups excluding carboxylic acids is 1. The second kappa shape index (κ2) is 6.71. The highest BCUT2D eigenvalue weighted by atomic mass is 16.5. The third kappa shape index (κ3) is 3.41. The first-order valence-electron chi connectivity index (χ1n) is 9.18. The smallest absolute Gasteiger partial charge is 0.222 e. The summed E-state index contributed by atoms with van der Waals surface area (Å²) in [5.74, 6) is 1.61. The zero-order valence-electron chi connectivity index (χ0n) is 14.2. The lowest BCUT2D eigenvalue weighted by atomic mass is 9.73. The number of hydrogen-bond acceptors (Lipinski definition) is 4. The molecule has 2 aliphatic heterocycles. The highest BCUT2D eigenvalue weighted by Crippen LogP contribution is 2.41. The molecule has 3 aliphatic rings. The predicted octanol–water partition coefficient (Wildman–Crippen LogP) is 2.66. The first-order chi connectivity index (χ1) is 11.8. The van der Waals surface area contributed by atoms with Crippen molar-refractivity contribution in [2.75, 3.05) is 26.3 Å². The quantitative estimate of drug-likeness (QED) is 0.833. The average molecular weight is 330 g/mol. The topological polar surface area (TPSA) is 51.7 Å². The number of hydrogen-bond donors (Lipinski definition) is 0. The zero-order chi connectivity index (χ0) is 16.4. The molecule has 5 nitrogen and oxygen atoms in total. The minimum absolute atomic E-state index is 0.0900. The van der Waals surface area contributed by atoms with Gasteiger partial charge >= 0.3 is 0 Å². The van der Waals surface area contributed by atoms with Crippen molar-refractivity contribution in [1.82, 2.24) is 9.88 Å². The summed E-state index contributed by atoms with van der Waals surface area (Å²) in [6, 6.07) is 5.70. The molecule has 5 heteroatoms. The van der Waals surface area contributed by atoms with Gasteiger partial charge in [0.2, 0.25) is 11.8 Å². The Hall–Kier alpha value is -1.62. The summed E-state index contributed by atoms with van der Waals surface area (Å²) in [6.07, 6.45) is 8.11. The standard InChI is InChI=1S/C19H26N2O3/c22-18(12-15-5-6-15)21-10-7-16-19(13-21,8-3-11-23-16)14-24-17-4-1-2-9-20-17/h1-2,4,9,15-16H,3,5-8,10-14H2/t16-,19-/m0/s1. The van der Waals surface area contributed by atoms with Crippen LogP contribution in [0.4, 0.5) is 0 Å². The van der Waals surface area contributed by atoms with Crippen LogP contribution in [0.15, 0.2) is 24.4 Å². The van der Waals surface area contributed by atoms with Gasteiger partial charge in [0.15, 0.2) is 0 Å². The normalized spacial score (nSPS) is 29.8. The summed E-state index contributed by atoms with van der Waals surface area (Å²) >= 11 is 0. The molecule has 2 saturated heterocycles. The molecule has 0 bridgehead atoms. The summed E-state index contributed by atoms with van der Waals surface area (Å²) in [6.45, 7) is 2.98. The van der Waals surface area contributed by atoms with Gasteiger partial charge in [-0.1, -0.05) is 6.07 Å². The second-order valence-electron chi connectivity index (χ2n) is 7.53. The molecule has 0 aromatic carbocycles. The van der Waals surface area contributed by atoms with Gasteiger partial charge in [-0.15, -0.1) is 0 Å². The third-order valence-corrected chi connectivity index (χ3v) is 5.65. The molecule has 2 atom stereocenters. The largest absolute Gasteiger partial charge is 0.477 e. The van der Waals surface area contributed by atoms with Gasteiger partial charge < -0.3 is 14.4 Å². The molecule has 130 valence electrons. The Bertz CT molecular complexity index is 575. The number of pyridine rings is 1. The highest BCUT2D eigenvalue weighted by molar-refractivity contribution is 5.77. The Balaban J connectivity index is 1.45. The molecule has 0 spiro atoms. The number of rotatable bonds is 5. The van der Waals surface area contributed by atoms with Gasteiger partial charge in [-0.05, 0) is 44.1 Å². The summed E-state index contributed by atoms with van der Waals surface area (Å²) in [5, 5.41) is 0. The Labute approximate surface area is 143 Å². The van der Waals surface area contributed by atoms with Crippen LogP contribution < -0.4 is 4.74 Å². The number of piperidine rings is 1. The first-order valence-corrected chi connectivity index (χ1v) is 9.18. The van der Waals surface area contributed by atoms with Crippen LogP contribution in [0.25, 0.3) is 0 Å². The lowest BCUT2D eigenvalue weighted by Gasteiger charge is -2.50. The van der Waals surface area contributed by atoms with Gasteiger partial charge in [-0.3, -0.25) is 4.79 Å². The number of carbonyl (C=O) groups is 1. The molecule has 1 aromatic rings. The van der Waals surface area contributed by atoms with Crippen LogP contribution in [0, 0.1) is 11.3 Å². The molecule has 1 saturated carbocycles. The van der Waals surface area contributed by atoms with Gasteiger partial charge in [0.25, 0.3) is 0 Å². The van der Waals surface area contributed by atoms with Crippen molar-refractivity contribution in [2.24, 2.45) is 11.3 Å². The molecular formula is C19H26N2O3. The molecule has 1 aliphatic carbocycles. The lowest BCUT2D eigenvalue weighted by Crippen LogP contribution is -2.58. The summed E-state index contributed by atoms with van der Waals surface area (Å²) in [7, 11) is 0. The number of fused-ring (bicyclic) bond motifs is 1. The van der Waals surface area contributed by atoms with E-state index in [0.29, 0.717) is 24.3 Å². The van der Waals surface area contributed by atoms with E-state index in [2.05, 4.69) is 9.88 Å². The fourth-order valence-electron chi connectivity index (χ4n) is 4.06. The minimum atomic E-state index is -0.0900. The van der Waals surface area contributed by atoms with Crippen LogP contribution in [0.3, 0.4) is 0 Å². The molecular weight excluding hydrogens is 304 g/mol. The van der Waals surface area contributed by atoms with Crippen molar-refractivity contribution in [2.45, 2.75) is 44.6 Å². The SMILES string of the molecule is O=C(CC1CC1)N1CC[C@@H]2OCCC[C@@]2(COc2ccccn2)C1. The van der Waals surface area contributed by atoms with Crippen LogP contribution in [-0.4, -0.2) is 48.2 Å². The third-order valence-electron chi connectivity index (χ3n) is 5.65. The molecule has 24 heavy (non-hydrogen) atoms. The number of likely N-dealkylation sites (tertiary alicyclic amines) is 1. The first kappa shape index (κ1) is 15.9. The number of aromatic nitrogens is 1. The van der Waals surface area contributed by atoms with E-state index < -0.39 is 0 Å². The number of amides is 1. The predicted molar refractivity (Wildman–Crippen MR) is 89.7 cm³/mol. The second-order valence-corrected chi connectivity index (χ2v) is 7.53. The van der Waals surface area contributed by atoms with E-state index in [9.17, 15) is 4.79 Å². The van der Waals surface area contributed by atoms with Crippen molar-refractivity contribution in [1.29, 1.82) is 0 Å². The van der Waals surface area contributed by atoms with Gasteiger partial charge in [-0.2, -0.15) is 0 Å². The van der Waals surface area contributed by atoms with Crippen molar-refractivity contribution in [3.63, 3.8) is 0 Å². The summed E-state index contributed by atoms with van der Waals surface area (Å²) < 4.78 is 12.1. The van der Waals surface area contributed by atoms with E-state index in [1.54, 1.807) is 6.20 Å².